The van der Waals surface area contributed by atoms with E-state index in [1.54, 1.807) is 0 Å². The maximum absolute atomic E-state index is 4.95. The van der Waals surface area contributed by atoms with Crippen LogP contribution in [0.4, 0.5) is 0 Å². The Morgan fingerprint density at radius 1 is 0.960 bits per heavy atom. The zero-order valence-electron chi connectivity index (χ0n) is 13.9. The van der Waals surface area contributed by atoms with E-state index in [9.17, 15) is 0 Å². The van der Waals surface area contributed by atoms with Crippen LogP contribution in [0.5, 0.6) is 0 Å². The van der Waals surface area contributed by atoms with Crippen molar-refractivity contribution in [1.82, 2.24) is 14.0 Å². The lowest BCUT2D eigenvalue weighted by Crippen LogP contribution is -2.30. The predicted octanol–water partition coefficient (Wildman–Crippen LogP) is 4.17. The number of aryl methyl sites for hydroxylation is 1. The molecule has 5 rings (SSSR count). The molecule has 0 saturated carbocycles. The van der Waals surface area contributed by atoms with Crippen LogP contribution in [-0.4, -0.2) is 14.0 Å². The van der Waals surface area contributed by atoms with Gasteiger partial charge in [0.2, 0.25) is 0 Å². The molecule has 0 bridgehead atoms. The molecule has 0 atom stereocenters. The van der Waals surface area contributed by atoms with Crippen molar-refractivity contribution in [2.75, 3.05) is 0 Å². The third-order valence-electron chi connectivity index (χ3n) is 4.80. The Balaban J connectivity index is 2.08. The molecule has 0 N–H and O–H groups in total. The fourth-order valence-electron chi connectivity index (χ4n) is 3.59. The van der Waals surface area contributed by atoms with Gasteiger partial charge in [0.15, 0.2) is 0 Å². The van der Waals surface area contributed by atoms with Crippen molar-refractivity contribution in [3.8, 4) is 5.69 Å². The molecule has 0 radical (unpaired) electrons. The molecule has 0 saturated heterocycles. The van der Waals surface area contributed by atoms with Crippen LogP contribution >= 0.6 is 22.6 Å². The number of nitrogens with zero attached hydrogens (tertiary/aromatic N) is 4. The summed E-state index contributed by atoms with van der Waals surface area (Å²) in [5.41, 5.74) is 6.88. The third kappa shape index (κ3) is 1.99. The standard InChI is InChI=1S/C20H16IN4/c1-13-14(21)7-5-10-16(13)25-19-18(11-6-12-23(19)2)24-17-9-4-3-8-15(17)22-20(24)25/h3-12H,1-2H3/q+1. The second kappa shape index (κ2) is 5.29. The Morgan fingerprint density at radius 3 is 2.64 bits per heavy atom. The number of imidazole rings is 2. The van der Waals surface area contributed by atoms with Crippen molar-refractivity contribution in [2.45, 2.75) is 6.92 Å². The van der Waals surface area contributed by atoms with Gasteiger partial charge in [0.25, 0.3) is 0 Å². The Kier molecular flexibility index (Phi) is 3.15. The van der Waals surface area contributed by atoms with E-state index in [2.05, 4.69) is 105 Å². The number of benzene rings is 2. The highest BCUT2D eigenvalue weighted by atomic mass is 127. The van der Waals surface area contributed by atoms with E-state index in [4.69, 9.17) is 4.98 Å². The monoisotopic (exact) mass is 439 g/mol. The van der Waals surface area contributed by atoms with Gasteiger partial charge in [-0.3, -0.25) is 4.40 Å². The number of hydrogen-bond donors (Lipinski definition) is 0. The summed E-state index contributed by atoms with van der Waals surface area (Å²) in [6.07, 6.45) is 2.09. The first-order chi connectivity index (χ1) is 12.2. The lowest BCUT2D eigenvalue weighted by atomic mass is 10.2. The van der Waals surface area contributed by atoms with Crippen molar-refractivity contribution >= 4 is 50.6 Å². The summed E-state index contributed by atoms with van der Waals surface area (Å²) < 4.78 is 7.94. The molecule has 0 spiro atoms. The average molecular weight is 439 g/mol. The van der Waals surface area contributed by atoms with Gasteiger partial charge in [0, 0.05) is 9.13 Å². The average Bonchev–Trinajstić information content (AvgIpc) is 3.13. The first-order valence-corrected chi connectivity index (χ1v) is 9.26. The molecule has 0 unspecified atom stereocenters. The maximum Gasteiger partial charge on any atom is 0.314 e. The zero-order chi connectivity index (χ0) is 17.1. The molecule has 0 amide bonds. The molecule has 0 aliphatic carbocycles. The Labute approximate surface area is 158 Å². The third-order valence-corrected chi connectivity index (χ3v) is 5.97. The van der Waals surface area contributed by atoms with E-state index in [0.29, 0.717) is 0 Å². The summed E-state index contributed by atoms with van der Waals surface area (Å²) in [5.74, 6) is 0.947. The highest BCUT2D eigenvalue weighted by Gasteiger charge is 2.26. The van der Waals surface area contributed by atoms with Crippen LogP contribution < -0.4 is 4.57 Å². The summed E-state index contributed by atoms with van der Waals surface area (Å²) in [6.45, 7) is 2.17. The van der Waals surface area contributed by atoms with Gasteiger partial charge in [-0.25, -0.2) is 4.57 Å². The predicted molar refractivity (Wildman–Crippen MR) is 108 cm³/mol. The van der Waals surface area contributed by atoms with E-state index in [0.717, 1.165) is 28.0 Å². The van der Waals surface area contributed by atoms with Crippen LogP contribution in [0.2, 0.25) is 0 Å². The largest absolute Gasteiger partial charge is 0.314 e. The second-order valence-electron chi connectivity index (χ2n) is 6.28. The number of para-hydroxylation sites is 2. The summed E-state index contributed by atoms with van der Waals surface area (Å²) >= 11 is 2.40. The molecule has 3 aromatic heterocycles. The fourth-order valence-corrected chi connectivity index (χ4v) is 4.08. The number of hydrogen-bond acceptors (Lipinski definition) is 1. The zero-order valence-corrected chi connectivity index (χ0v) is 16.1. The second-order valence-corrected chi connectivity index (χ2v) is 7.45. The molecular weight excluding hydrogens is 423 g/mol. The van der Waals surface area contributed by atoms with Gasteiger partial charge in [-0.05, 0) is 65.9 Å². The minimum atomic E-state index is 0.947. The van der Waals surface area contributed by atoms with Crippen molar-refractivity contribution < 1.29 is 4.57 Å². The van der Waals surface area contributed by atoms with Crippen molar-refractivity contribution in [1.29, 1.82) is 0 Å². The van der Waals surface area contributed by atoms with Gasteiger partial charge < -0.3 is 0 Å². The summed E-state index contributed by atoms with van der Waals surface area (Å²) in [5, 5.41) is 0. The number of fused-ring (bicyclic) bond motifs is 5. The molecule has 2 aromatic carbocycles. The van der Waals surface area contributed by atoms with Crippen molar-refractivity contribution in [2.24, 2.45) is 7.05 Å². The van der Waals surface area contributed by atoms with Crippen LogP contribution in [-0.2, 0) is 7.05 Å². The number of pyridine rings is 1. The molecule has 25 heavy (non-hydrogen) atoms. The van der Waals surface area contributed by atoms with E-state index in [1.807, 2.05) is 6.07 Å². The summed E-state index contributed by atoms with van der Waals surface area (Å²) in [4.78, 5) is 4.95. The van der Waals surface area contributed by atoms with E-state index >= 15 is 0 Å². The first kappa shape index (κ1) is 14.9. The van der Waals surface area contributed by atoms with Gasteiger partial charge in [-0.1, -0.05) is 18.2 Å². The molecule has 0 aliphatic heterocycles. The summed E-state index contributed by atoms with van der Waals surface area (Å²) in [6, 6.07) is 19.0. The van der Waals surface area contributed by atoms with Crippen LogP contribution in [0.3, 0.4) is 0 Å². The minimum Gasteiger partial charge on any atom is -0.250 e. The normalized spacial score (nSPS) is 11.8. The van der Waals surface area contributed by atoms with Gasteiger partial charge in [0.05, 0.1) is 24.3 Å². The molecule has 5 aromatic rings. The fraction of sp³-hybridized carbons (Fsp3) is 0.100. The van der Waals surface area contributed by atoms with Gasteiger partial charge in [0.1, 0.15) is 11.2 Å². The topological polar surface area (TPSA) is 26.1 Å². The van der Waals surface area contributed by atoms with Crippen molar-refractivity contribution in [3.05, 3.63) is 69.9 Å². The van der Waals surface area contributed by atoms with E-state index < -0.39 is 0 Å². The van der Waals surface area contributed by atoms with Gasteiger partial charge in [-0.2, -0.15) is 9.55 Å². The molecular formula is C20H16IN4+. The molecule has 122 valence electrons. The molecule has 5 heteroatoms. The van der Waals surface area contributed by atoms with Crippen LogP contribution in [0.25, 0.3) is 33.7 Å². The van der Waals surface area contributed by atoms with E-state index in [1.165, 1.54) is 14.8 Å². The Morgan fingerprint density at radius 2 is 1.76 bits per heavy atom. The smallest absolute Gasteiger partial charge is 0.250 e. The highest BCUT2D eigenvalue weighted by Crippen LogP contribution is 2.29. The number of rotatable bonds is 1. The lowest BCUT2D eigenvalue weighted by Gasteiger charge is -2.05. The number of halogens is 1. The maximum atomic E-state index is 4.95. The van der Waals surface area contributed by atoms with Crippen LogP contribution in [0.1, 0.15) is 5.56 Å². The molecule has 3 heterocycles. The van der Waals surface area contributed by atoms with E-state index in [-0.39, 0.29) is 0 Å². The summed E-state index contributed by atoms with van der Waals surface area (Å²) in [7, 11) is 2.09. The van der Waals surface area contributed by atoms with Gasteiger partial charge >= 0.3 is 11.4 Å². The van der Waals surface area contributed by atoms with Gasteiger partial charge in [-0.15, -0.1) is 0 Å². The molecule has 4 nitrogen and oxygen atoms in total. The SMILES string of the molecule is Cc1c(I)cccc1-n1c2nc3ccccc3n2c2ccc[n+](C)c21. The van der Waals surface area contributed by atoms with Crippen molar-refractivity contribution in [3.63, 3.8) is 0 Å². The van der Waals surface area contributed by atoms with Crippen LogP contribution in [0, 0.1) is 10.5 Å². The van der Waals surface area contributed by atoms with Crippen LogP contribution in [0.15, 0.2) is 60.8 Å². The molecule has 0 aliphatic rings. The Bertz CT molecular complexity index is 1280. The Hall–Kier alpha value is -2.41. The highest BCUT2D eigenvalue weighted by molar-refractivity contribution is 14.1. The number of aromatic nitrogens is 4. The minimum absolute atomic E-state index is 0.947. The molecule has 0 fully saturated rings. The quantitative estimate of drug-likeness (QED) is 0.285. The lowest BCUT2D eigenvalue weighted by molar-refractivity contribution is -0.647. The first-order valence-electron chi connectivity index (χ1n) is 8.18.